The van der Waals surface area contributed by atoms with Crippen LogP contribution in [0.5, 0.6) is 0 Å². The van der Waals surface area contributed by atoms with Crippen LogP contribution in [0.1, 0.15) is 29.9 Å². The Morgan fingerprint density at radius 1 is 1.56 bits per heavy atom. The molecule has 100 valence electrons. The topological polar surface area (TPSA) is 81.4 Å². The van der Waals surface area contributed by atoms with Gasteiger partial charge in [0.15, 0.2) is 0 Å². The first-order valence-corrected chi connectivity index (χ1v) is 6.61. The van der Waals surface area contributed by atoms with Crippen molar-refractivity contribution in [1.29, 1.82) is 0 Å². The number of methoxy groups -OCH3 is 1. The summed E-state index contributed by atoms with van der Waals surface area (Å²) in [6, 6.07) is 1.08. The third-order valence-corrected chi connectivity index (χ3v) is 3.75. The van der Waals surface area contributed by atoms with E-state index in [-0.39, 0.29) is 11.8 Å². The molecule has 1 amide bonds. The van der Waals surface area contributed by atoms with Crippen LogP contribution in [0.25, 0.3) is 0 Å². The first-order valence-electron chi connectivity index (χ1n) is 5.73. The largest absolute Gasteiger partial charge is 0.465 e. The molecule has 2 atom stereocenters. The van der Waals surface area contributed by atoms with Gasteiger partial charge in [-0.15, -0.1) is 11.3 Å². The lowest BCUT2D eigenvalue weighted by molar-refractivity contribution is -0.118. The molecule has 0 saturated heterocycles. The van der Waals surface area contributed by atoms with E-state index in [9.17, 15) is 9.59 Å². The lowest BCUT2D eigenvalue weighted by Gasteiger charge is -2.17. The highest BCUT2D eigenvalue weighted by atomic mass is 32.1. The van der Waals surface area contributed by atoms with E-state index in [1.807, 2.05) is 13.8 Å². The van der Waals surface area contributed by atoms with E-state index in [4.69, 9.17) is 5.73 Å². The predicted octanol–water partition coefficient (Wildman–Crippen LogP) is 1.85. The normalized spacial score (nSPS) is 13.8. The molecule has 0 spiro atoms. The van der Waals surface area contributed by atoms with Gasteiger partial charge >= 0.3 is 5.97 Å². The second-order valence-electron chi connectivity index (χ2n) is 4.06. The van der Waals surface area contributed by atoms with Crippen LogP contribution >= 0.6 is 11.3 Å². The smallest absolute Gasteiger partial charge is 0.350 e. The van der Waals surface area contributed by atoms with E-state index in [1.54, 1.807) is 11.4 Å². The molecule has 0 bridgehead atoms. The van der Waals surface area contributed by atoms with Crippen LogP contribution in [0.2, 0.25) is 0 Å². The van der Waals surface area contributed by atoms with Crippen LogP contribution in [-0.2, 0) is 9.53 Å². The number of thiophene rings is 1. The number of esters is 1. The third kappa shape index (κ3) is 3.30. The average Bonchev–Trinajstić information content (AvgIpc) is 2.83. The highest BCUT2D eigenvalue weighted by Crippen LogP contribution is 2.23. The summed E-state index contributed by atoms with van der Waals surface area (Å²) in [5.74, 6) is -0.657. The summed E-state index contributed by atoms with van der Waals surface area (Å²) in [7, 11) is 1.30. The van der Waals surface area contributed by atoms with Gasteiger partial charge in [0.2, 0.25) is 5.91 Å². The average molecular weight is 270 g/mol. The van der Waals surface area contributed by atoms with Gasteiger partial charge in [-0.2, -0.15) is 0 Å². The molecular weight excluding hydrogens is 252 g/mol. The van der Waals surface area contributed by atoms with Crippen molar-refractivity contribution in [3.63, 3.8) is 0 Å². The Balaban J connectivity index is 2.76. The second kappa shape index (κ2) is 6.51. The molecule has 1 unspecified atom stereocenters. The van der Waals surface area contributed by atoms with Crippen molar-refractivity contribution in [2.75, 3.05) is 12.4 Å². The molecule has 1 aromatic rings. The summed E-state index contributed by atoms with van der Waals surface area (Å²) in [6.45, 7) is 3.89. The van der Waals surface area contributed by atoms with Gasteiger partial charge in [-0.25, -0.2) is 4.79 Å². The van der Waals surface area contributed by atoms with E-state index in [0.29, 0.717) is 10.6 Å². The van der Waals surface area contributed by atoms with Crippen LogP contribution < -0.4 is 11.1 Å². The van der Waals surface area contributed by atoms with Crippen molar-refractivity contribution in [2.24, 2.45) is 11.7 Å². The van der Waals surface area contributed by atoms with Crippen molar-refractivity contribution >= 4 is 28.9 Å². The molecule has 5 nitrogen and oxygen atoms in total. The number of anilines is 1. The van der Waals surface area contributed by atoms with Crippen molar-refractivity contribution in [3.8, 4) is 0 Å². The maximum Gasteiger partial charge on any atom is 0.350 e. The van der Waals surface area contributed by atoms with Gasteiger partial charge in [0.05, 0.1) is 18.8 Å². The van der Waals surface area contributed by atoms with Gasteiger partial charge in [0.25, 0.3) is 0 Å². The Labute approximate surface area is 110 Å². The Bertz CT molecular complexity index is 431. The van der Waals surface area contributed by atoms with Crippen LogP contribution in [-0.4, -0.2) is 25.0 Å². The summed E-state index contributed by atoms with van der Waals surface area (Å²) in [5, 5.41) is 4.39. The van der Waals surface area contributed by atoms with Gasteiger partial charge in [0.1, 0.15) is 4.88 Å². The Morgan fingerprint density at radius 3 is 2.78 bits per heavy atom. The van der Waals surface area contributed by atoms with Gasteiger partial charge < -0.3 is 15.8 Å². The number of carbonyl (C=O) groups is 2. The minimum atomic E-state index is -0.583. The fraction of sp³-hybridized carbons (Fsp3) is 0.500. The molecule has 0 saturated carbocycles. The molecule has 6 heteroatoms. The number of ether oxygens (including phenoxy) is 1. The zero-order valence-electron chi connectivity index (χ0n) is 10.7. The monoisotopic (exact) mass is 270 g/mol. The molecule has 1 aromatic heterocycles. The Hall–Kier alpha value is -1.40. The van der Waals surface area contributed by atoms with Crippen molar-refractivity contribution in [1.82, 2.24) is 0 Å². The molecule has 18 heavy (non-hydrogen) atoms. The maximum absolute atomic E-state index is 11.9. The predicted molar refractivity (Wildman–Crippen MR) is 71.7 cm³/mol. The van der Waals surface area contributed by atoms with E-state index >= 15 is 0 Å². The van der Waals surface area contributed by atoms with Crippen LogP contribution in [0.15, 0.2) is 11.4 Å². The molecule has 0 aliphatic rings. The number of carbonyl (C=O) groups excluding carboxylic acids is 2. The summed E-state index contributed by atoms with van der Waals surface area (Å²) in [4.78, 5) is 23.7. The zero-order valence-corrected chi connectivity index (χ0v) is 11.5. The highest BCUT2D eigenvalue weighted by molar-refractivity contribution is 7.12. The van der Waals surface area contributed by atoms with Gasteiger partial charge in [-0.1, -0.05) is 20.3 Å². The quantitative estimate of drug-likeness (QED) is 0.800. The van der Waals surface area contributed by atoms with Gasteiger partial charge in [0, 0.05) is 0 Å². The van der Waals surface area contributed by atoms with Crippen molar-refractivity contribution < 1.29 is 14.3 Å². The molecule has 1 heterocycles. The number of nitrogens with two attached hydrogens (primary N) is 1. The number of nitrogens with one attached hydrogen (secondary N) is 1. The molecule has 0 aliphatic carbocycles. The van der Waals surface area contributed by atoms with Crippen LogP contribution in [0, 0.1) is 5.92 Å². The lowest BCUT2D eigenvalue weighted by atomic mass is 9.99. The Kier molecular flexibility index (Phi) is 5.30. The summed E-state index contributed by atoms with van der Waals surface area (Å²) >= 11 is 1.22. The first-order chi connectivity index (χ1) is 8.51. The van der Waals surface area contributed by atoms with Crippen molar-refractivity contribution in [2.45, 2.75) is 26.3 Å². The third-order valence-electron chi connectivity index (χ3n) is 2.85. The molecular formula is C12H18N2O3S. The van der Waals surface area contributed by atoms with Gasteiger partial charge in [-0.3, -0.25) is 4.79 Å². The Morgan fingerprint density at radius 2 is 2.22 bits per heavy atom. The van der Waals surface area contributed by atoms with Crippen molar-refractivity contribution in [3.05, 3.63) is 16.3 Å². The minimum Gasteiger partial charge on any atom is -0.465 e. The number of rotatable bonds is 5. The number of hydrogen-bond donors (Lipinski definition) is 2. The number of hydrogen-bond acceptors (Lipinski definition) is 5. The minimum absolute atomic E-state index is 0.0882. The molecule has 0 aliphatic heterocycles. The standard InChI is InChI=1S/C12H18N2O3S/c1-4-7(2)9(13)11(15)14-8-5-6-18-10(8)12(16)17-3/h5-7,9H,4,13H2,1-3H3,(H,14,15)/t7?,9-/m0/s1. The molecule has 0 radical (unpaired) electrons. The summed E-state index contributed by atoms with van der Waals surface area (Å²) in [5.41, 5.74) is 6.28. The molecule has 1 rings (SSSR count). The molecule has 0 fully saturated rings. The summed E-state index contributed by atoms with van der Waals surface area (Å²) in [6.07, 6.45) is 0.822. The van der Waals surface area contributed by atoms with Gasteiger partial charge in [-0.05, 0) is 17.4 Å². The summed E-state index contributed by atoms with van der Waals surface area (Å²) < 4.78 is 4.63. The maximum atomic E-state index is 11.9. The van der Waals surface area contributed by atoms with E-state index in [0.717, 1.165) is 6.42 Å². The first kappa shape index (κ1) is 14.7. The van der Waals surface area contributed by atoms with E-state index < -0.39 is 12.0 Å². The highest BCUT2D eigenvalue weighted by Gasteiger charge is 2.22. The SMILES string of the molecule is CCC(C)[C@H](N)C(=O)Nc1ccsc1C(=O)OC. The zero-order chi connectivity index (χ0) is 13.7. The van der Waals surface area contributed by atoms with E-state index in [2.05, 4.69) is 10.1 Å². The molecule has 3 N–H and O–H groups in total. The number of amides is 1. The van der Waals surface area contributed by atoms with Crippen LogP contribution in [0.4, 0.5) is 5.69 Å². The molecule has 0 aromatic carbocycles. The lowest BCUT2D eigenvalue weighted by Crippen LogP contribution is -2.40. The second-order valence-corrected chi connectivity index (χ2v) is 4.97. The fourth-order valence-corrected chi connectivity index (χ4v) is 2.15. The van der Waals surface area contributed by atoms with E-state index in [1.165, 1.54) is 18.4 Å². The van der Waals surface area contributed by atoms with Crippen LogP contribution in [0.3, 0.4) is 0 Å². The fourth-order valence-electron chi connectivity index (χ4n) is 1.39.